The molecule has 1 aromatic heterocycles. The number of carbonyl (C=O) groups is 1. The van der Waals surface area contributed by atoms with Crippen LogP contribution in [0.15, 0.2) is 34.1 Å². The van der Waals surface area contributed by atoms with E-state index in [9.17, 15) is 4.79 Å². The summed E-state index contributed by atoms with van der Waals surface area (Å²) >= 11 is 4.87. The van der Waals surface area contributed by atoms with E-state index in [2.05, 4.69) is 38.1 Å². The van der Waals surface area contributed by atoms with Gasteiger partial charge in [-0.05, 0) is 43.5 Å². The van der Waals surface area contributed by atoms with Crippen molar-refractivity contribution >= 4 is 38.3 Å². The van der Waals surface area contributed by atoms with Crippen LogP contribution in [0.1, 0.15) is 35.8 Å². The van der Waals surface area contributed by atoms with Gasteiger partial charge in [0.2, 0.25) is 0 Å². The van der Waals surface area contributed by atoms with Gasteiger partial charge in [-0.15, -0.1) is 11.3 Å². The van der Waals surface area contributed by atoms with E-state index in [1.165, 1.54) is 24.2 Å². The molecule has 4 nitrogen and oxygen atoms in total. The van der Waals surface area contributed by atoms with E-state index >= 15 is 0 Å². The number of thiazole rings is 1. The Hall–Kier alpha value is -1.24. The highest BCUT2D eigenvalue weighted by atomic mass is 79.9. The number of hydrogen-bond acceptors (Lipinski definition) is 4. The van der Waals surface area contributed by atoms with Crippen LogP contribution in [0.4, 0.5) is 5.13 Å². The molecule has 0 radical (unpaired) electrons. The van der Waals surface area contributed by atoms with Crippen molar-refractivity contribution in [2.45, 2.75) is 26.3 Å². The molecule has 6 heteroatoms. The van der Waals surface area contributed by atoms with Gasteiger partial charge in [0.25, 0.3) is 5.91 Å². The van der Waals surface area contributed by atoms with Gasteiger partial charge in [0, 0.05) is 28.5 Å². The van der Waals surface area contributed by atoms with E-state index in [1.807, 2.05) is 17.5 Å². The lowest BCUT2D eigenvalue weighted by molar-refractivity contribution is 0.102. The molecule has 0 bridgehead atoms. The summed E-state index contributed by atoms with van der Waals surface area (Å²) in [6.07, 6.45) is 2.58. The highest BCUT2D eigenvalue weighted by Gasteiger charge is 2.17. The van der Waals surface area contributed by atoms with Crippen molar-refractivity contribution in [3.05, 3.63) is 45.4 Å². The zero-order valence-corrected chi connectivity index (χ0v) is 15.5. The Morgan fingerprint density at radius 1 is 1.52 bits per heavy atom. The second-order valence-corrected chi connectivity index (χ2v) is 7.86. The summed E-state index contributed by atoms with van der Waals surface area (Å²) in [6, 6.07) is 7.35. The number of nitrogens with one attached hydrogen (secondary N) is 1. The van der Waals surface area contributed by atoms with E-state index in [4.69, 9.17) is 0 Å². The van der Waals surface area contributed by atoms with Crippen LogP contribution in [0.2, 0.25) is 0 Å². The minimum Gasteiger partial charge on any atom is -0.298 e. The molecule has 3 rings (SSSR count). The maximum absolute atomic E-state index is 12.2. The maximum Gasteiger partial charge on any atom is 0.257 e. The number of hydrogen-bond donors (Lipinski definition) is 1. The number of rotatable bonds is 4. The number of aromatic nitrogens is 1. The van der Waals surface area contributed by atoms with Crippen LogP contribution < -0.4 is 5.32 Å². The summed E-state index contributed by atoms with van der Waals surface area (Å²) < 4.78 is 0.893. The Morgan fingerprint density at radius 2 is 2.39 bits per heavy atom. The monoisotopic (exact) mass is 393 g/mol. The molecule has 1 aliphatic rings. The lowest BCUT2D eigenvalue weighted by Gasteiger charge is -2.30. The van der Waals surface area contributed by atoms with Crippen LogP contribution in [0.5, 0.6) is 0 Å². The van der Waals surface area contributed by atoms with E-state index in [1.54, 1.807) is 12.1 Å². The smallest absolute Gasteiger partial charge is 0.257 e. The van der Waals surface area contributed by atoms with Crippen LogP contribution in [0, 0.1) is 5.92 Å². The standard InChI is InChI=1S/C17H20BrN3OS/c1-12-4-3-7-21(9-12)10-15-11-23-17(19-15)20-16(22)13-5-2-6-14(18)8-13/h2,5-6,8,11-12H,3-4,7,9-10H2,1H3,(H,19,20,22)/t12-/m0/s1. The normalized spacial score (nSPS) is 18.8. The van der Waals surface area contributed by atoms with E-state index in [0.717, 1.165) is 35.7 Å². The molecular weight excluding hydrogens is 374 g/mol. The van der Waals surface area contributed by atoms with Crippen LogP contribution in [0.3, 0.4) is 0 Å². The number of amides is 1. The molecule has 1 saturated heterocycles. The third-order valence-corrected chi connectivity index (χ3v) is 5.29. The number of anilines is 1. The predicted octanol–water partition coefficient (Wildman–Crippen LogP) is 4.39. The first kappa shape index (κ1) is 16.6. The van der Waals surface area contributed by atoms with Crippen molar-refractivity contribution in [3.8, 4) is 0 Å². The largest absolute Gasteiger partial charge is 0.298 e. The molecule has 0 unspecified atom stereocenters. The molecule has 1 atom stereocenters. The lowest BCUT2D eigenvalue weighted by atomic mass is 10.0. The van der Waals surface area contributed by atoms with Gasteiger partial charge < -0.3 is 0 Å². The van der Waals surface area contributed by atoms with E-state index < -0.39 is 0 Å². The zero-order chi connectivity index (χ0) is 16.2. The fraction of sp³-hybridized carbons (Fsp3) is 0.412. The Labute approximate surface area is 149 Å². The predicted molar refractivity (Wildman–Crippen MR) is 97.9 cm³/mol. The fourth-order valence-corrected chi connectivity index (χ4v) is 3.99. The van der Waals surface area contributed by atoms with Gasteiger partial charge in [-0.1, -0.05) is 28.9 Å². The minimum absolute atomic E-state index is 0.126. The van der Waals surface area contributed by atoms with Crippen molar-refractivity contribution in [3.63, 3.8) is 0 Å². The van der Waals surface area contributed by atoms with Gasteiger partial charge in [-0.25, -0.2) is 4.98 Å². The van der Waals surface area contributed by atoms with Gasteiger partial charge in [-0.2, -0.15) is 0 Å². The number of likely N-dealkylation sites (tertiary alicyclic amines) is 1. The van der Waals surface area contributed by atoms with Gasteiger partial charge >= 0.3 is 0 Å². The summed E-state index contributed by atoms with van der Waals surface area (Å²) in [6.45, 7) is 5.45. The topological polar surface area (TPSA) is 45.2 Å². The number of benzene rings is 1. The second kappa shape index (κ2) is 7.55. The molecular formula is C17H20BrN3OS. The average molecular weight is 394 g/mol. The molecule has 1 aromatic carbocycles. The fourth-order valence-electron chi connectivity index (χ4n) is 2.90. The van der Waals surface area contributed by atoms with Crippen molar-refractivity contribution in [1.29, 1.82) is 0 Å². The van der Waals surface area contributed by atoms with Crippen molar-refractivity contribution in [1.82, 2.24) is 9.88 Å². The Kier molecular flexibility index (Phi) is 5.46. The Bertz CT molecular complexity index is 688. The Morgan fingerprint density at radius 3 is 3.17 bits per heavy atom. The average Bonchev–Trinajstić information content (AvgIpc) is 2.94. The van der Waals surface area contributed by atoms with Gasteiger partial charge in [-0.3, -0.25) is 15.0 Å². The molecule has 0 spiro atoms. The highest BCUT2D eigenvalue weighted by molar-refractivity contribution is 9.10. The van der Waals surface area contributed by atoms with Gasteiger partial charge in [0.1, 0.15) is 0 Å². The molecule has 1 N–H and O–H groups in total. The third-order valence-electron chi connectivity index (χ3n) is 3.99. The molecule has 23 heavy (non-hydrogen) atoms. The summed E-state index contributed by atoms with van der Waals surface area (Å²) in [7, 11) is 0. The number of carbonyl (C=O) groups excluding carboxylic acids is 1. The molecule has 122 valence electrons. The zero-order valence-electron chi connectivity index (χ0n) is 13.1. The second-order valence-electron chi connectivity index (χ2n) is 6.09. The van der Waals surface area contributed by atoms with Crippen molar-refractivity contribution in [2.24, 2.45) is 5.92 Å². The summed E-state index contributed by atoms with van der Waals surface area (Å²) in [4.78, 5) is 19.2. The first-order valence-corrected chi connectivity index (χ1v) is 9.51. The summed E-state index contributed by atoms with van der Waals surface area (Å²) in [5.41, 5.74) is 1.66. The highest BCUT2D eigenvalue weighted by Crippen LogP contribution is 2.21. The molecule has 2 heterocycles. The van der Waals surface area contributed by atoms with E-state index in [0.29, 0.717) is 10.7 Å². The lowest BCUT2D eigenvalue weighted by Crippen LogP contribution is -2.33. The molecule has 1 aliphatic heterocycles. The summed E-state index contributed by atoms with van der Waals surface area (Å²) in [5.74, 6) is 0.636. The van der Waals surface area contributed by atoms with Crippen LogP contribution in [-0.4, -0.2) is 28.9 Å². The van der Waals surface area contributed by atoms with Crippen LogP contribution in [0.25, 0.3) is 0 Å². The quantitative estimate of drug-likeness (QED) is 0.837. The first-order valence-electron chi connectivity index (χ1n) is 7.84. The third kappa shape index (κ3) is 4.62. The molecule has 1 amide bonds. The van der Waals surface area contributed by atoms with Gasteiger partial charge in [0.05, 0.1) is 5.69 Å². The van der Waals surface area contributed by atoms with Crippen molar-refractivity contribution in [2.75, 3.05) is 18.4 Å². The van der Waals surface area contributed by atoms with Gasteiger partial charge in [0.15, 0.2) is 5.13 Å². The minimum atomic E-state index is -0.126. The number of piperidine rings is 1. The van der Waals surface area contributed by atoms with Crippen LogP contribution in [-0.2, 0) is 6.54 Å². The number of halogens is 1. The molecule has 0 saturated carbocycles. The van der Waals surface area contributed by atoms with Crippen molar-refractivity contribution < 1.29 is 4.79 Å². The van der Waals surface area contributed by atoms with Crippen LogP contribution >= 0.6 is 27.3 Å². The molecule has 1 fully saturated rings. The SMILES string of the molecule is C[C@H]1CCCN(Cc2csc(NC(=O)c3cccc(Br)c3)n2)C1. The van der Waals surface area contributed by atoms with E-state index in [-0.39, 0.29) is 5.91 Å². The maximum atomic E-state index is 12.2. The first-order chi connectivity index (χ1) is 11.1. The number of nitrogens with zero attached hydrogens (tertiary/aromatic N) is 2. The Balaban J connectivity index is 1.59. The summed E-state index contributed by atoms with van der Waals surface area (Å²) in [5, 5.41) is 5.58. The molecule has 0 aliphatic carbocycles. The molecule has 2 aromatic rings.